The van der Waals surface area contributed by atoms with E-state index in [1.165, 1.54) is 14.0 Å². The van der Waals surface area contributed by atoms with Crippen LogP contribution in [0.25, 0.3) is 0 Å². The van der Waals surface area contributed by atoms with E-state index in [1.54, 1.807) is 7.11 Å². The van der Waals surface area contributed by atoms with Gasteiger partial charge in [-0.15, -0.1) is 0 Å². The third-order valence-corrected chi connectivity index (χ3v) is 4.53. The lowest BCUT2D eigenvalue weighted by atomic mass is 10.3. The van der Waals surface area contributed by atoms with Crippen molar-refractivity contribution >= 4 is 21.7 Å². The van der Waals surface area contributed by atoms with Gasteiger partial charge in [-0.1, -0.05) is 0 Å². The van der Waals surface area contributed by atoms with Crippen molar-refractivity contribution in [2.45, 2.75) is 25.0 Å². The van der Waals surface area contributed by atoms with E-state index < -0.39 is 32.7 Å². The maximum Gasteiger partial charge on any atom is 0.306 e. The van der Waals surface area contributed by atoms with Crippen LogP contribution in [0.15, 0.2) is 0 Å². The van der Waals surface area contributed by atoms with Crippen molar-refractivity contribution in [1.82, 2.24) is 5.32 Å². The average molecular weight is 295 g/mol. The van der Waals surface area contributed by atoms with Gasteiger partial charge in [-0.05, 0) is 13.3 Å². The van der Waals surface area contributed by atoms with Gasteiger partial charge in [0, 0.05) is 20.3 Å². The van der Waals surface area contributed by atoms with Crippen molar-refractivity contribution in [2.75, 3.05) is 33.1 Å². The molecule has 0 radical (unpaired) electrons. The van der Waals surface area contributed by atoms with Crippen LogP contribution in [0.3, 0.4) is 0 Å². The Morgan fingerprint density at radius 1 is 1.26 bits per heavy atom. The lowest BCUT2D eigenvalue weighted by molar-refractivity contribution is -0.140. The second-order valence-corrected chi connectivity index (χ2v) is 6.51. The molecule has 0 saturated heterocycles. The summed E-state index contributed by atoms with van der Waals surface area (Å²) in [6.45, 7) is 2.23. The maximum absolute atomic E-state index is 11.8. The van der Waals surface area contributed by atoms with Gasteiger partial charge in [0.15, 0.2) is 9.84 Å². The van der Waals surface area contributed by atoms with E-state index in [0.29, 0.717) is 19.6 Å². The number of carbonyl (C=O) groups excluding carboxylic acids is 2. The van der Waals surface area contributed by atoms with E-state index in [1.807, 2.05) is 0 Å². The van der Waals surface area contributed by atoms with E-state index in [0.717, 1.165) is 0 Å². The average Bonchev–Trinajstić information content (AvgIpc) is 2.33. The van der Waals surface area contributed by atoms with Crippen LogP contribution in [-0.4, -0.2) is 58.7 Å². The molecule has 0 aromatic heterocycles. The van der Waals surface area contributed by atoms with E-state index >= 15 is 0 Å². The minimum atomic E-state index is -3.65. The van der Waals surface area contributed by atoms with Crippen LogP contribution in [-0.2, 0) is 28.9 Å². The molecule has 0 aliphatic rings. The van der Waals surface area contributed by atoms with Crippen molar-refractivity contribution in [3.63, 3.8) is 0 Å². The normalized spacial score (nSPS) is 12.8. The summed E-state index contributed by atoms with van der Waals surface area (Å²) in [5.41, 5.74) is 0. The van der Waals surface area contributed by atoms with Gasteiger partial charge in [-0.25, -0.2) is 8.42 Å². The van der Waals surface area contributed by atoms with Crippen LogP contribution in [0.5, 0.6) is 0 Å². The topological polar surface area (TPSA) is 98.8 Å². The zero-order valence-electron chi connectivity index (χ0n) is 11.5. The highest BCUT2D eigenvalue weighted by atomic mass is 32.2. The number of hydrogen-bond acceptors (Lipinski definition) is 6. The number of esters is 1. The van der Waals surface area contributed by atoms with E-state index in [4.69, 9.17) is 4.74 Å². The molecule has 0 heterocycles. The summed E-state index contributed by atoms with van der Waals surface area (Å²) >= 11 is 0. The first-order valence-corrected chi connectivity index (χ1v) is 7.59. The first-order chi connectivity index (χ1) is 8.83. The molecule has 0 fully saturated rings. The third-order valence-electron chi connectivity index (χ3n) is 2.47. The fourth-order valence-corrected chi connectivity index (χ4v) is 2.41. The van der Waals surface area contributed by atoms with Crippen LogP contribution in [0.4, 0.5) is 0 Å². The third kappa shape index (κ3) is 7.78. The first kappa shape index (κ1) is 17.8. The van der Waals surface area contributed by atoms with Crippen LogP contribution in [0.1, 0.15) is 19.8 Å². The minimum Gasteiger partial charge on any atom is -0.469 e. The highest BCUT2D eigenvalue weighted by molar-refractivity contribution is 7.92. The van der Waals surface area contributed by atoms with Gasteiger partial charge >= 0.3 is 5.97 Å². The predicted octanol–water partition coefficient (Wildman–Crippen LogP) is -0.494. The second-order valence-electron chi connectivity index (χ2n) is 4.09. The summed E-state index contributed by atoms with van der Waals surface area (Å²) in [5, 5.41) is 1.54. The van der Waals surface area contributed by atoms with Gasteiger partial charge in [0.25, 0.3) is 0 Å². The zero-order valence-corrected chi connectivity index (χ0v) is 12.3. The molecular formula is C11H21NO6S. The molecule has 0 aromatic rings. The highest BCUT2D eigenvalue weighted by Gasteiger charge is 2.26. The van der Waals surface area contributed by atoms with Crippen LogP contribution < -0.4 is 5.32 Å². The van der Waals surface area contributed by atoms with Crippen molar-refractivity contribution in [3.05, 3.63) is 0 Å². The van der Waals surface area contributed by atoms with Gasteiger partial charge in [-0.3, -0.25) is 9.59 Å². The molecule has 0 rings (SSSR count). The van der Waals surface area contributed by atoms with E-state index in [2.05, 4.69) is 10.1 Å². The molecule has 0 aliphatic heterocycles. The lowest BCUT2D eigenvalue weighted by Crippen LogP contribution is -2.35. The number of rotatable bonds is 9. The Kier molecular flexibility index (Phi) is 8.33. The molecule has 1 unspecified atom stereocenters. The minimum absolute atomic E-state index is 0.254. The summed E-state index contributed by atoms with van der Waals surface area (Å²) in [5.74, 6) is -1.82. The molecule has 1 atom stereocenters. The fraction of sp³-hybridized carbons (Fsp3) is 0.818. The summed E-state index contributed by atoms with van der Waals surface area (Å²) < 4.78 is 32.8. The molecule has 19 heavy (non-hydrogen) atoms. The monoisotopic (exact) mass is 295 g/mol. The SMILES string of the molecule is COCCCNC(=O)CS(=O)(=O)C(C)CC(=O)OC. The summed E-state index contributed by atoms with van der Waals surface area (Å²) in [6.07, 6.45) is 0.357. The molecule has 112 valence electrons. The molecule has 1 amide bonds. The van der Waals surface area contributed by atoms with Crippen molar-refractivity contribution in [1.29, 1.82) is 0 Å². The zero-order chi connectivity index (χ0) is 14.9. The van der Waals surface area contributed by atoms with Crippen molar-refractivity contribution < 1.29 is 27.5 Å². The number of ether oxygens (including phenoxy) is 2. The van der Waals surface area contributed by atoms with Gasteiger partial charge in [-0.2, -0.15) is 0 Å². The van der Waals surface area contributed by atoms with Gasteiger partial charge in [0.05, 0.1) is 18.8 Å². The molecule has 1 N–H and O–H groups in total. The van der Waals surface area contributed by atoms with Gasteiger partial charge < -0.3 is 14.8 Å². The Morgan fingerprint density at radius 3 is 2.42 bits per heavy atom. The Morgan fingerprint density at radius 2 is 1.89 bits per heavy atom. The molecule has 0 bridgehead atoms. The molecule has 7 nitrogen and oxygen atoms in total. The molecule has 0 spiro atoms. The van der Waals surface area contributed by atoms with Crippen LogP contribution in [0.2, 0.25) is 0 Å². The number of hydrogen-bond donors (Lipinski definition) is 1. The Hall–Kier alpha value is -1.15. The van der Waals surface area contributed by atoms with Gasteiger partial charge in [0.2, 0.25) is 5.91 Å². The van der Waals surface area contributed by atoms with E-state index in [-0.39, 0.29) is 6.42 Å². The maximum atomic E-state index is 11.8. The summed E-state index contributed by atoms with van der Waals surface area (Å²) in [4.78, 5) is 22.4. The van der Waals surface area contributed by atoms with Crippen LogP contribution >= 0.6 is 0 Å². The quantitative estimate of drug-likeness (QED) is 0.455. The number of carbonyl (C=O) groups is 2. The van der Waals surface area contributed by atoms with Crippen molar-refractivity contribution in [2.24, 2.45) is 0 Å². The number of methoxy groups -OCH3 is 2. The molecule has 0 aromatic carbocycles. The van der Waals surface area contributed by atoms with E-state index in [9.17, 15) is 18.0 Å². The Bertz CT molecular complexity index is 392. The van der Waals surface area contributed by atoms with Crippen LogP contribution in [0, 0.1) is 0 Å². The largest absolute Gasteiger partial charge is 0.469 e. The molecule has 0 saturated carbocycles. The first-order valence-electron chi connectivity index (χ1n) is 5.87. The van der Waals surface area contributed by atoms with Crippen molar-refractivity contribution in [3.8, 4) is 0 Å². The number of nitrogens with one attached hydrogen (secondary N) is 1. The summed E-state index contributed by atoms with van der Waals surface area (Å²) in [6, 6.07) is 0. The Labute approximate surface area is 113 Å². The molecule has 8 heteroatoms. The van der Waals surface area contributed by atoms with Gasteiger partial charge in [0.1, 0.15) is 5.75 Å². The fourth-order valence-electron chi connectivity index (χ4n) is 1.27. The standard InChI is InChI=1S/C11H21NO6S/c1-9(7-11(14)18-3)19(15,16)8-10(13)12-5-4-6-17-2/h9H,4-8H2,1-3H3,(H,12,13). The smallest absolute Gasteiger partial charge is 0.306 e. The predicted molar refractivity (Wildman–Crippen MR) is 69.4 cm³/mol. The number of amides is 1. The molecular weight excluding hydrogens is 274 g/mol. The second kappa shape index (κ2) is 8.87. The number of sulfone groups is 1. The lowest BCUT2D eigenvalue weighted by Gasteiger charge is -2.11. The summed E-state index contributed by atoms with van der Waals surface area (Å²) in [7, 11) is -0.924. The highest BCUT2D eigenvalue weighted by Crippen LogP contribution is 2.07. The molecule has 0 aliphatic carbocycles. The Balaban J connectivity index is 4.20.